The fourth-order valence-corrected chi connectivity index (χ4v) is 1.59. The standard InChI is InChI=1S/C8H15F3N2/c1-2-13(8(9,10)11)6-7-4-3-5-12-7/h7,12H,2-6H2,1H3/t7-/m0/s1. The zero-order valence-electron chi connectivity index (χ0n) is 7.69. The van der Waals surface area contributed by atoms with Gasteiger partial charge in [0, 0.05) is 19.1 Å². The van der Waals surface area contributed by atoms with E-state index in [2.05, 4.69) is 5.32 Å². The first kappa shape index (κ1) is 10.8. The predicted molar refractivity (Wildman–Crippen MR) is 44.3 cm³/mol. The van der Waals surface area contributed by atoms with Gasteiger partial charge in [-0.05, 0) is 19.4 Å². The van der Waals surface area contributed by atoms with Crippen LogP contribution in [0.25, 0.3) is 0 Å². The van der Waals surface area contributed by atoms with Crippen molar-refractivity contribution in [3.63, 3.8) is 0 Å². The third kappa shape index (κ3) is 3.15. The molecule has 5 heteroatoms. The van der Waals surface area contributed by atoms with E-state index in [1.165, 1.54) is 6.92 Å². The summed E-state index contributed by atoms with van der Waals surface area (Å²) in [5.74, 6) is 0. The van der Waals surface area contributed by atoms with Gasteiger partial charge in [-0.15, -0.1) is 0 Å². The molecule has 0 saturated carbocycles. The fraction of sp³-hybridized carbons (Fsp3) is 1.00. The van der Waals surface area contributed by atoms with Crippen LogP contribution in [0.4, 0.5) is 13.2 Å². The minimum Gasteiger partial charge on any atom is -0.313 e. The molecule has 0 amide bonds. The average molecular weight is 196 g/mol. The summed E-state index contributed by atoms with van der Waals surface area (Å²) >= 11 is 0. The predicted octanol–water partition coefficient (Wildman–Crippen LogP) is 1.58. The van der Waals surface area contributed by atoms with Crippen LogP contribution < -0.4 is 5.32 Å². The minimum absolute atomic E-state index is 0.0153. The summed E-state index contributed by atoms with van der Waals surface area (Å²) in [6, 6.07) is 0.0153. The molecule has 78 valence electrons. The second-order valence-electron chi connectivity index (χ2n) is 3.30. The highest BCUT2D eigenvalue weighted by atomic mass is 19.4. The smallest absolute Gasteiger partial charge is 0.313 e. The van der Waals surface area contributed by atoms with E-state index >= 15 is 0 Å². The van der Waals surface area contributed by atoms with Crippen molar-refractivity contribution in [3.05, 3.63) is 0 Å². The van der Waals surface area contributed by atoms with Crippen LogP contribution in [0.15, 0.2) is 0 Å². The van der Waals surface area contributed by atoms with Gasteiger partial charge in [-0.25, -0.2) is 4.90 Å². The van der Waals surface area contributed by atoms with Gasteiger partial charge in [0.25, 0.3) is 0 Å². The molecule has 1 heterocycles. The normalized spacial score (nSPS) is 24.2. The lowest BCUT2D eigenvalue weighted by atomic mass is 10.2. The zero-order chi connectivity index (χ0) is 9.90. The summed E-state index contributed by atoms with van der Waals surface area (Å²) in [4.78, 5) is 0.552. The van der Waals surface area contributed by atoms with Crippen molar-refractivity contribution in [1.29, 1.82) is 0 Å². The molecule has 0 radical (unpaired) electrons. The van der Waals surface area contributed by atoms with Gasteiger partial charge in [-0.1, -0.05) is 6.92 Å². The van der Waals surface area contributed by atoms with Gasteiger partial charge in [0.1, 0.15) is 0 Å². The highest BCUT2D eigenvalue weighted by molar-refractivity contribution is 4.78. The Morgan fingerprint density at radius 2 is 2.15 bits per heavy atom. The minimum atomic E-state index is -4.18. The van der Waals surface area contributed by atoms with Gasteiger partial charge < -0.3 is 5.32 Å². The molecule has 1 saturated heterocycles. The SMILES string of the molecule is CCN(C[C@@H]1CCCN1)C(F)(F)F. The highest BCUT2D eigenvalue weighted by Crippen LogP contribution is 2.22. The van der Waals surface area contributed by atoms with Gasteiger partial charge in [-0.3, -0.25) is 0 Å². The summed E-state index contributed by atoms with van der Waals surface area (Å²) in [6.07, 6.45) is -2.34. The van der Waals surface area contributed by atoms with Gasteiger partial charge in [-0.2, -0.15) is 13.2 Å². The largest absolute Gasteiger partial charge is 0.459 e. The van der Waals surface area contributed by atoms with Crippen LogP contribution in [0.2, 0.25) is 0 Å². The van der Waals surface area contributed by atoms with E-state index in [-0.39, 0.29) is 19.1 Å². The average Bonchev–Trinajstić information content (AvgIpc) is 2.49. The number of hydrogen-bond donors (Lipinski definition) is 1. The molecule has 1 rings (SSSR count). The lowest BCUT2D eigenvalue weighted by Crippen LogP contribution is -2.45. The first-order valence-electron chi connectivity index (χ1n) is 4.59. The number of nitrogens with one attached hydrogen (secondary N) is 1. The summed E-state index contributed by atoms with van der Waals surface area (Å²) in [5, 5.41) is 3.05. The van der Waals surface area contributed by atoms with E-state index in [4.69, 9.17) is 0 Å². The highest BCUT2D eigenvalue weighted by Gasteiger charge is 2.37. The Hall–Kier alpha value is -0.290. The maximum absolute atomic E-state index is 12.3. The number of hydrogen-bond acceptors (Lipinski definition) is 2. The molecule has 0 aliphatic carbocycles. The molecule has 0 spiro atoms. The number of halogens is 3. The van der Waals surface area contributed by atoms with Gasteiger partial charge in [0.15, 0.2) is 0 Å². The fourth-order valence-electron chi connectivity index (χ4n) is 1.59. The number of rotatable bonds is 3. The third-order valence-corrected chi connectivity index (χ3v) is 2.34. The molecule has 0 aromatic carbocycles. The second kappa shape index (κ2) is 4.28. The maximum Gasteiger partial charge on any atom is 0.459 e. The molecule has 0 aromatic rings. The van der Waals surface area contributed by atoms with Gasteiger partial charge >= 0.3 is 6.30 Å². The first-order chi connectivity index (χ1) is 6.04. The van der Waals surface area contributed by atoms with E-state index in [1.54, 1.807) is 0 Å². The Kier molecular flexibility index (Phi) is 3.55. The Morgan fingerprint density at radius 3 is 2.54 bits per heavy atom. The topological polar surface area (TPSA) is 15.3 Å². The molecular formula is C8H15F3N2. The van der Waals surface area contributed by atoms with E-state index in [0.717, 1.165) is 19.4 Å². The molecule has 0 aromatic heterocycles. The molecule has 1 fully saturated rings. The maximum atomic E-state index is 12.3. The molecule has 0 unspecified atom stereocenters. The first-order valence-corrected chi connectivity index (χ1v) is 4.59. The molecule has 1 aliphatic rings. The van der Waals surface area contributed by atoms with E-state index < -0.39 is 6.30 Å². The van der Waals surface area contributed by atoms with Crippen molar-refractivity contribution >= 4 is 0 Å². The van der Waals surface area contributed by atoms with Gasteiger partial charge in [0.2, 0.25) is 0 Å². The molecule has 13 heavy (non-hydrogen) atoms. The van der Waals surface area contributed by atoms with Crippen LogP contribution in [0.5, 0.6) is 0 Å². The molecule has 2 nitrogen and oxygen atoms in total. The summed E-state index contributed by atoms with van der Waals surface area (Å²) in [5.41, 5.74) is 0. The molecular weight excluding hydrogens is 181 g/mol. The molecule has 1 aliphatic heterocycles. The van der Waals surface area contributed by atoms with Crippen molar-refractivity contribution in [2.75, 3.05) is 19.6 Å². The Bertz CT molecular complexity index is 152. The molecule has 1 atom stereocenters. The van der Waals surface area contributed by atoms with Crippen LogP contribution in [0, 0.1) is 0 Å². The molecule has 1 N–H and O–H groups in total. The lowest BCUT2D eigenvalue weighted by molar-refractivity contribution is -0.245. The Labute approximate surface area is 76.1 Å². The summed E-state index contributed by atoms with van der Waals surface area (Å²) in [6.45, 7) is 2.49. The van der Waals surface area contributed by atoms with Crippen molar-refractivity contribution in [3.8, 4) is 0 Å². The number of alkyl halides is 3. The molecule has 0 bridgehead atoms. The van der Waals surface area contributed by atoms with E-state index in [0.29, 0.717) is 4.90 Å². The van der Waals surface area contributed by atoms with E-state index in [1.807, 2.05) is 0 Å². The zero-order valence-corrected chi connectivity index (χ0v) is 7.69. The van der Waals surface area contributed by atoms with Crippen LogP contribution in [0.3, 0.4) is 0 Å². The van der Waals surface area contributed by atoms with Crippen molar-refractivity contribution in [2.45, 2.75) is 32.1 Å². The van der Waals surface area contributed by atoms with Crippen LogP contribution in [-0.2, 0) is 0 Å². The number of likely N-dealkylation sites (N-methyl/N-ethyl adjacent to an activating group) is 1. The lowest BCUT2D eigenvalue weighted by Gasteiger charge is -2.26. The number of nitrogens with zero attached hydrogens (tertiary/aromatic N) is 1. The quantitative estimate of drug-likeness (QED) is 0.689. The van der Waals surface area contributed by atoms with Gasteiger partial charge in [0.05, 0.1) is 0 Å². The second-order valence-corrected chi connectivity index (χ2v) is 3.30. The van der Waals surface area contributed by atoms with E-state index in [9.17, 15) is 13.2 Å². The van der Waals surface area contributed by atoms with Crippen LogP contribution >= 0.6 is 0 Å². The van der Waals surface area contributed by atoms with Crippen LogP contribution in [0.1, 0.15) is 19.8 Å². The summed E-state index contributed by atoms with van der Waals surface area (Å²) < 4.78 is 36.8. The monoisotopic (exact) mass is 196 g/mol. The Balaban J connectivity index is 2.39. The van der Waals surface area contributed by atoms with Crippen LogP contribution in [-0.4, -0.2) is 36.9 Å². The Morgan fingerprint density at radius 1 is 1.46 bits per heavy atom. The van der Waals surface area contributed by atoms with Crippen molar-refractivity contribution < 1.29 is 13.2 Å². The third-order valence-electron chi connectivity index (χ3n) is 2.34. The van der Waals surface area contributed by atoms with Crippen molar-refractivity contribution in [1.82, 2.24) is 10.2 Å². The van der Waals surface area contributed by atoms with Crippen molar-refractivity contribution in [2.24, 2.45) is 0 Å². The summed E-state index contributed by atoms with van der Waals surface area (Å²) in [7, 11) is 0.